The normalized spacial score (nSPS) is 11.8. The van der Waals surface area contributed by atoms with Gasteiger partial charge in [0, 0.05) is 18.3 Å². The number of carbonyl (C=O) groups is 2. The van der Waals surface area contributed by atoms with E-state index in [2.05, 4.69) is 30.8 Å². The Kier molecular flexibility index (Phi) is 4.25. The monoisotopic (exact) mass is 296 g/mol. The number of carboxylic acid groups (broad SMARTS) is 1. The lowest BCUT2D eigenvalue weighted by molar-refractivity contribution is -0.139. The summed E-state index contributed by atoms with van der Waals surface area (Å²) in [6, 6.07) is -1.71. The molecule has 0 spiro atoms. The number of aryl methyl sites for hydroxylation is 1. The van der Waals surface area contributed by atoms with Gasteiger partial charge in [0.05, 0.1) is 6.33 Å². The summed E-state index contributed by atoms with van der Waals surface area (Å²) in [5.41, 5.74) is 0.615. The first kappa shape index (κ1) is 13.9. The number of amides is 2. The van der Waals surface area contributed by atoms with E-state index in [0.717, 1.165) is 0 Å². The molecule has 0 saturated carbocycles. The van der Waals surface area contributed by atoms with Gasteiger partial charge in [0.15, 0.2) is 0 Å². The molecule has 106 valence electrons. The van der Waals surface area contributed by atoms with Crippen LogP contribution >= 0.6 is 11.3 Å². The van der Waals surface area contributed by atoms with Crippen LogP contribution in [-0.2, 0) is 11.2 Å². The van der Waals surface area contributed by atoms with E-state index in [1.54, 1.807) is 6.92 Å². The number of hydrogen-bond donors (Lipinski definition) is 4. The summed E-state index contributed by atoms with van der Waals surface area (Å²) in [4.78, 5) is 29.4. The molecule has 0 aliphatic heterocycles. The van der Waals surface area contributed by atoms with Gasteiger partial charge in [0.1, 0.15) is 11.0 Å². The molecule has 0 saturated heterocycles. The molecule has 0 fully saturated rings. The highest BCUT2D eigenvalue weighted by Crippen LogP contribution is 2.13. The molecule has 2 amide bonds. The van der Waals surface area contributed by atoms with E-state index < -0.39 is 18.0 Å². The summed E-state index contributed by atoms with van der Waals surface area (Å²) in [5, 5.41) is 22.3. The van der Waals surface area contributed by atoms with Crippen LogP contribution in [0.2, 0.25) is 0 Å². The first-order chi connectivity index (χ1) is 9.54. The lowest BCUT2D eigenvalue weighted by atomic mass is 10.2. The fourth-order valence-corrected chi connectivity index (χ4v) is 2.04. The largest absolute Gasteiger partial charge is 0.480 e. The summed E-state index contributed by atoms with van der Waals surface area (Å²) < 4.78 is 0. The minimum atomic E-state index is -1.14. The van der Waals surface area contributed by atoms with E-state index in [9.17, 15) is 9.59 Å². The number of urea groups is 1. The standard InChI is InChI=1S/C10H12N6O3S/c1-5-15-16-10(20-5)14-9(19)13-7(8(17)18)2-6-3-11-4-12-6/h3-4,7H,2H2,1H3,(H,11,12)(H,17,18)(H2,13,14,16,19). The number of carbonyl (C=O) groups excluding carboxylic acids is 1. The van der Waals surface area contributed by atoms with Crippen molar-refractivity contribution in [1.29, 1.82) is 0 Å². The number of H-pyrrole nitrogens is 1. The number of hydrogen-bond acceptors (Lipinski definition) is 6. The summed E-state index contributed by atoms with van der Waals surface area (Å²) in [7, 11) is 0. The topological polar surface area (TPSA) is 133 Å². The van der Waals surface area contributed by atoms with Crippen LogP contribution in [0.4, 0.5) is 9.93 Å². The molecule has 2 rings (SSSR count). The van der Waals surface area contributed by atoms with Gasteiger partial charge >= 0.3 is 12.0 Å². The Hall–Kier alpha value is -2.49. The predicted octanol–water partition coefficient (Wildman–Crippen LogP) is 0.387. The van der Waals surface area contributed by atoms with Gasteiger partial charge in [-0.05, 0) is 6.92 Å². The van der Waals surface area contributed by atoms with E-state index >= 15 is 0 Å². The fourth-order valence-electron chi connectivity index (χ4n) is 1.45. The van der Waals surface area contributed by atoms with Crippen molar-refractivity contribution in [2.45, 2.75) is 19.4 Å². The van der Waals surface area contributed by atoms with Gasteiger partial charge < -0.3 is 15.4 Å². The van der Waals surface area contributed by atoms with Crippen molar-refractivity contribution >= 4 is 28.5 Å². The minimum absolute atomic E-state index is 0.109. The average molecular weight is 296 g/mol. The molecule has 10 heteroatoms. The molecule has 1 unspecified atom stereocenters. The Morgan fingerprint density at radius 1 is 1.50 bits per heavy atom. The van der Waals surface area contributed by atoms with Crippen molar-refractivity contribution in [3.05, 3.63) is 23.2 Å². The van der Waals surface area contributed by atoms with Crippen LogP contribution in [0.3, 0.4) is 0 Å². The molecule has 0 aliphatic carbocycles. The van der Waals surface area contributed by atoms with Gasteiger partial charge in [-0.15, -0.1) is 10.2 Å². The summed E-state index contributed by atoms with van der Waals surface area (Å²) in [5.74, 6) is -1.14. The number of nitrogens with one attached hydrogen (secondary N) is 3. The SMILES string of the molecule is Cc1nnc(NC(=O)NC(Cc2cnc[nH]2)C(=O)O)s1. The molecule has 1 atom stereocenters. The Morgan fingerprint density at radius 3 is 2.85 bits per heavy atom. The van der Waals surface area contributed by atoms with Gasteiger partial charge in [0.2, 0.25) is 5.13 Å². The van der Waals surface area contributed by atoms with Gasteiger partial charge in [0.25, 0.3) is 0 Å². The zero-order valence-electron chi connectivity index (χ0n) is 10.5. The van der Waals surface area contributed by atoms with Crippen molar-refractivity contribution < 1.29 is 14.7 Å². The quantitative estimate of drug-likeness (QED) is 0.630. The summed E-state index contributed by atoms with van der Waals surface area (Å²) >= 11 is 1.20. The van der Waals surface area contributed by atoms with Crippen molar-refractivity contribution in [1.82, 2.24) is 25.5 Å². The van der Waals surface area contributed by atoms with Gasteiger partial charge in [-0.1, -0.05) is 11.3 Å². The molecular weight excluding hydrogens is 284 g/mol. The fraction of sp³-hybridized carbons (Fsp3) is 0.300. The highest BCUT2D eigenvalue weighted by atomic mass is 32.1. The molecule has 0 radical (unpaired) electrons. The second kappa shape index (κ2) is 6.10. The molecule has 0 aliphatic rings. The highest BCUT2D eigenvalue weighted by molar-refractivity contribution is 7.15. The van der Waals surface area contributed by atoms with Crippen LogP contribution in [0, 0.1) is 6.92 Å². The van der Waals surface area contributed by atoms with E-state index in [-0.39, 0.29) is 6.42 Å². The maximum Gasteiger partial charge on any atom is 0.326 e. The average Bonchev–Trinajstić information content (AvgIpc) is 3.00. The summed E-state index contributed by atoms with van der Waals surface area (Å²) in [6.45, 7) is 1.75. The minimum Gasteiger partial charge on any atom is -0.480 e. The lowest BCUT2D eigenvalue weighted by Gasteiger charge is -2.13. The smallest absolute Gasteiger partial charge is 0.326 e. The maximum absolute atomic E-state index is 11.7. The molecule has 4 N–H and O–H groups in total. The predicted molar refractivity (Wildman–Crippen MR) is 70.5 cm³/mol. The van der Waals surface area contributed by atoms with Gasteiger partial charge in [-0.25, -0.2) is 14.6 Å². The van der Waals surface area contributed by atoms with Crippen molar-refractivity contribution in [2.24, 2.45) is 0 Å². The van der Waals surface area contributed by atoms with Crippen LogP contribution in [-0.4, -0.2) is 43.3 Å². The van der Waals surface area contributed by atoms with Crippen molar-refractivity contribution in [2.75, 3.05) is 5.32 Å². The number of carboxylic acids is 1. The van der Waals surface area contributed by atoms with E-state index in [1.807, 2.05) is 0 Å². The Balaban J connectivity index is 1.94. The number of aliphatic carboxylic acids is 1. The van der Waals surface area contributed by atoms with Gasteiger partial charge in [-0.2, -0.15) is 0 Å². The van der Waals surface area contributed by atoms with E-state index in [4.69, 9.17) is 5.11 Å². The second-order valence-corrected chi connectivity index (χ2v) is 5.08. The van der Waals surface area contributed by atoms with Crippen molar-refractivity contribution in [3.8, 4) is 0 Å². The maximum atomic E-state index is 11.7. The van der Waals surface area contributed by atoms with E-state index in [1.165, 1.54) is 23.9 Å². The van der Waals surface area contributed by atoms with Crippen LogP contribution < -0.4 is 10.6 Å². The first-order valence-corrected chi connectivity index (χ1v) is 6.44. The molecule has 9 nitrogen and oxygen atoms in total. The Bertz CT molecular complexity index is 596. The number of nitrogens with zero attached hydrogens (tertiary/aromatic N) is 3. The molecular formula is C10H12N6O3S. The number of anilines is 1. The van der Waals surface area contributed by atoms with Crippen LogP contribution in [0.1, 0.15) is 10.7 Å². The lowest BCUT2D eigenvalue weighted by Crippen LogP contribution is -2.44. The number of rotatable bonds is 5. The molecule has 0 bridgehead atoms. The molecule has 0 aromatic carbocycles. The Morgan fingerprint density at radius 2 is 2.30 bits per heavy atom. The highest BCUT2D eigenvalue weighted by Gasteiger charge is 2.21. The number of aromatic nitrogens is 4. The van der Waals surface area contributed by atoms with Crippen LogP contribution in [0.15, 0.2) is 12.5 Å². The molecule has 2 aromatic rings. The molecule has 2 aromatic heterocycles. The van der Waals surface area contributed by atoms with Crippen molar-refractivity contribution in [3.63, 3.8) is 0 Å². The molecule has 2 heterocycles. The Labute approximate surface area is 117 Å². The number of aromatic amines is 1. The number of imidazole rings is 1. The van der Waals surface area contributed by atoms with Gasteiger partial charge in [-0.3, -0.25) is 5.32 Å². The third-order valence-electron chi connectivity index (χ3n) is 2.33. The second-order valence-electron chi connectivity index (χ2n) is 3.90. The summed E-state index contributed by atoms with van der Waals surface area (Å²) in [6.07, 6.45) is 3.06. The third-order valence-corrected chi connectivity index (χ3v) is 3.08. The van der Waals surface area contributed by atoms with Crippen LogP contribution in [0.5, 0.6) is 0 Å². The van der Waals surface area contributed by atoms with E-state index in [0.29, 0.717) is 15.8 Å². The van der Waals surface area contributed by atoms with Crippen LogP contribution in [0.25, 0.3) is 0 Å². The zero-order chi connectivity index (χ0) is 14.5. The zero-order valence-corrected chi connectivity index (χ0v) is 11.3. The third kappa shape index (κ3) is 3.75. The first-order valence-electron chi connectivity index (χ1n) is 5.62. The molecule has 20 heavy (non-hydrogen) atoms.